The van der Waals surface area contributed by atoms with Gasteiger partial charge in [0.2, 0.25) is 0 Å². The predicted molar refractivity (Wildman–Crippen MR) is 58.2 cm³/mol. The van der Waals surface area contributed by atoms with Gasteiger partial charge in [0.05, 0.1) is 29.1 Å². The van der Waals surface area contributed by atoms with Gasteiger partial charge in [0, 0.05) is 6.04 Å². The van der Waals surface area contributed by atoms with E-state index in [4.69, 9.17) is 16.1 Å². The van der Waals surface area contributed by atoms with Crippen molar-refractivity contribution in [1.29, 1.82) is 5.26 Å². The second kappa shape index (κ2) is 3.79. The van der Waals surface area contributed by atoms with Crippen molar-refractivity contribution >= 4 is 11.4 Å². The van der Waals surface area contributed by atoms with E-state index in [2.05, 4.69) is 11.4 Å². The maximum Gasteiger partial charge on any atom is 0.0992 e. The molecule has 4 N–H and O–H groups in total. The van der Waals surface area contributed by atoms with E-state index in [1.54, 1.807) is 18.2 Å². The molecule has 4 heteroatoms. The van der Waals surface area contributed by atoms with Gasteiger partial charge in [0.15, 0.2) is 0 Å². The average molecular weight is 203 g/mol. The van der Waals surface area contributed by atoms with Gasteiger partial charge in [0.25, 0.3) is 0 Å². The van der Waals surface area contributed by atoms with Gasteiger partial charge in [-0.25, -0.2) is 0 Å². The van der Waals surface area contributed by atoms with Crippen molar-refractivity contribution in [3.63, 3.8) is 0 Å². The fourth-order valence-corrected chi connectivity index (χ4v) is 1.68. The first-order valence-corrected chi connectivity index (χ1v) is 4.93. The third kappa shape index (κ3) is 2.03. The van der Waals surface area contributed by atoms with E-state index in [9.17, 15) is 0 Å². The minimum atomic E-state index is -0.192. The van der Waals surface area contributed by atoms with Gasteiger partial charge in [0.1, 0.15) is 0 Å². The Balaban J connectivity index is 2.10. The molecule has 1 saturated carbocycles. The number of nitrogens with one attached hydrogen (secondary N) is 1. The summed E-state index contributed by atoms with van der Waals surface area (Å²) in [6.07, 6.45) is 1.30. The lowest BCUT2D eigenvalue weighted by Gasteiger charge is -2.33. The number of hydrogen-bond donors (Lipinski definition) is 3. The van der Waals surface area contributed by atoms with Crippen LogP contribution in [0.3, 0.4) is 0 Å². The van der Waals surface area contributed by atoms with Crippen LogP contribution in [0.5, 0.6) is 0 Å². The Morgan fingerprint density at radius 1 is 1.47 bits per heavy atom. The van der Waals surface area contributed by atoms with Gasteiger partial charge in [-0.3, -0.25) is 0 Å². The quantitative estimate of drug-likeness (QED) is 0.628. The van der Waals surface area contributed by atoms with Crippen molar-refractivity contribution in [2.45, 2.75) is 25.0 Å². The highest BCUT2D eigenvalue weighted by molar-refractivity contribution is 5.68. The highest BCUT2D eigenvalue weighted by atomic mass is 16.3. The third-order valence-electron chi connectivity index (χ3n) is 2.66. The molecule has 1 aromatic carbocycles. The maximum atomic E-state index is 9.14. The Hall–Kier alpha value is -1.73. The van der Waals surface area contributed by atoms with Gasteiger partial charge in [-0.2, -0.15) is 5.26 Å². The molecule has 1 fully saturated rings. The lowest BCUT2D eigenvalue weighted by Crippen LogP contribution is -2.39. The van der Waals surface area contributed by atoms with E-state index >= 15 is 0 Å². The molecule has 0 unspecified atom stereocenters. The van der Waals surface area contributed by atoms with Crippen molar-refractivity contribution < 1.29 is 5.11 Å². The van der Waals surface area contributed by atoms with E-state index in [0.717, 1.165) is 18.5 Å². The predicted octanol–water partition coefficient (Wildman–Crippen LogP) is 1.08. The Labute approximate surface area is 88.3 Å². The van der Waals surface area contributed by atoms with E-state index < -0.39 is 0 Å². The molecular weight excluding hydrogens is 190 g/mol. The monoisotopic (exact) mass is 203 g/mol. The molecule has 0 atom stereocenters. The molecule has 4 nitrogen and oxygen atoms in total. The SMILES string of the molecule is N#Cc1ccc(N)c(NC2CC(O)C2)c1. The Kier molecular flexibility index (Phi) is 2.48. The fourth-order valence-electron chi connectivity index (χ4n) is 1.68. The van der Waals surface area contributed by atoms with Crippen LogP contribution in [0.15, 0.2) is 18.2 Å². The van der Waals surface area contributed by atoms with E-state index in [1.807, 2.05) is 0 Å². The van der Waals surface area contributed by atoms with E-state index in [1.165, 1.54) is 0 Å². The average Bonchev–Trinajstić information content (AvgIpc) is 2.19. The van der Waals surface area contributed by atoms with Crippen LogP contribution in [0.2, 0.25) is 0 Å². The second-order valence-electron chi connectivity index (χ2n) is 3.88. The lowest BCUT2D eigenvalue weighted by atomic mass is 9.89. The molecule has 15 heavy (non-hydrogen) atoms. The number of aliphatic hydroxyl groups excluding tert-OH is 1. The zero-order chi connectivity index (χ0) is 10.8. The molecule has 0 spiro atoms. The number of nitrogens with zero attached hydrogens (tertiary/aromatic N) is 1. The first-order valence-electron chi connectivity index (χ1n) is 4.93. The lowest BCUT2D eigenvalue weighted by molar-refractivity contribution is 0.0837. The van der Waals surface area contributed by atoms with Crippen LogP contribution in [0.4, 0.5) is 11.4 Å². The van der Waals surface area contributed by atoms with Crippen molar-refractivity contribution in [3.05, 3.63) is 23.8 Å². The highest BCUT2D eigenvalue weighted by Crippen LogP contribution is 2.27. The highest BCUT2D eigenvalue weighted by Gasteiger charge is 2.27. The van der Waals surface area contributed by atoms with Gasteiger partial charge in [-0.15, -0.1) is 0 Å². The number of hydrogen-bond acceptors (Lipinski definition) is 4. The van der Waals surface area contributed by atoms with Gasteiger partial charge in [-0.1, -0.05) is 0 Å². The number of rotatable bonds is 2. The molecule has 1 aliphatic rings. The van der Waals surface area contributed by atoms with Crippen molar-refractivity contribution in [2.75, 3.05) is 11.1 Å². The van der Waals surface area contributed by atoms with Crippen molar-refractivity contribution in [1.82, 2.24) is 0 Å². The van der Waals surface area contributed by atoms with Crippen LogP contribution in [-0.2, 0) is 0 Å². The maximum absolute atomic E-state index is 9.14. The minimum absolute atomic E-state index is 0.192. The van der Waals surface area contributed by atoms with Crippen LogP contribution in [0.25, 0.3) is 0 Å². The second-order valence-corrected chi connectivity index (χ2v) is 3.88. The first-order chi connectivity index (χ1) is 7.19. The molecule has 0 aliphatic heterocycles. The number of aliphatic hydroxyl groups is 1. The van der Waals surface area contributed by atoms with Crippen LogP contribution in [-0.4, -0.2) is 17.3 Å². The van der Waals surface area contributed by atoms with Crippen LogP contribution >= 0.6 is 0 Å². The first kappa shape index (κ1) is 9.81. The zero-order valence-corrected chi connectivity index (χ0v) is 8.27. The third-order valence-corrected chi connectivity index (χ3v) is 2.66. The molecule has 0 radical (unpaired) electrons. The van der Waals surface area contributed by atoms with Crippen LogP contribution in [0.1, 0.15) is 18.4 Å². The smallest absolute Gasteiger partial charge is 0.0992 e. The number of nitrogen functional groups attached to an aromatic ring is 1. The van der Waals surface area contributed by atoms with Crippen LogP contribution < -0.4 is 11.1 Å². The fraction of sp³-hybridized carbons (Fsp3) is 0.364. The summed E-state index contributed by atoms with van der Waals surface area (Å²) in [6, 6.07) is 7.49. The van der Waals surface area contributed by atoms with Gasteiger partial charge < -0.3 is 16.2 Å². The summed E-state index contributed by atoms with van der Waals surface area (Å²) in [4.78, 5) is 0. The molecule has 0 bridgehead atoms. The summed E-state index contributed by atoms with van der Waals surface area (Å²) in [7, 11) is 0. The number of anilines is 2. The van der Waals surface area contributed by atoms with E-state index in [0.29, 0.717) is 11.3 Å². The molecule has 1 aromatic rings. The standard InChI is InChI=1S/C11H13N3O/c12-6-7-1-2-10(13)11(3-7)14-8-4-9(15)5-8/h1-3,8-9,14-15H,4-5,13H2. The van der Waals surface area contributed by atoms with Crippen molar-refractivity contribution in [3.8, 4) is 6.07 Å². The Bertz CT molecular complexity index is 405. The van der Waals surface area contributed by atoms with E-state index in [-0.39, 0.29) is 12.1 Å². The van der Waals surface area contributed by atoms with Crippen molar-refractivity contribution in [2.24, 2.45) is 0 Å². The minimum Gasteiger partial charge on any atom is -0.397 e. The van der Waals surface area contributed by atoms with Gasteiger partial charge >= 0.3 is 0 Å². The zero-order valence-electron chi connectivity index (χ0n) is 8.27. The Morgan fingerprint density at radius 3 is 2.80 bits per heavy atom. The molecule has 0 amide bonds. The normalized spacial score (nSPS) is 24.0. The molecule has 78 valence electrons. The number of nitriles is 1. The molecule has 0 saturated heterocycles. The van der Waals surface area contributed by atoms with Crippen LogP contribution in [0, 0.1) is 11.3 Å². The summed E-state index contributed by atoms with van der Waals surface area (Å²) in [5, 5.41) is 21.1. The molecular formula is C11H13N3O. The number of benzene rings is 1. The topological polar surface area (TPSA) is 82.1 Å². The molecule has 0 heterocycles. The summed E-state index contributed by atoms with van der Waals surface area (Å²) in [5.41, 5.74) is 7.78. The molecule has 0 aromatic heterocycles. The largest absolute Gasteiger partial charge is 0.397 e. The summed E-state index contributed by atoms with van der Waals surface area (Å²) in [6.45, 7) is 0. The molecule has 1 aliphatic carbocycles. The summed E-state index contributed by atoms with van der Waals surface area (Å²) < 4.78 is 0. The number of nitrogens with two attached hydrogens (primary N) is 1. The summed E-state index contributed by atoms with van der Waals surface area (Å²) >= 11 is 0. The molecule has 2 rings (SSSR count). The Morgan fingerprint density at radius 2 is 2.20 bits per heavy atom. The summed E-state index contributed by atoms with van der Waals surface area (Å²) in [5.74, 6) is 0. The van der Waals surface area contributed by atoms with Gasteiger partial charge in [-0.05, 0) is 31.0 Å².